The van der Waals surface area contributed by atoms with Crippen LogP contribution < -0.4 is 0 Å². The first-order valence-corrected chi connectivity index (χ1v) is 11.2. The minimum atomic E-state index is -3.27. The molecule has 0 bridgehead atoms. The van der Waals surface area contributed by atoms with Crippen LogP contribution in [0.3, 0.4) is 0 Å². The van der Waals surface area contributed by atoms with E-state index in [0.717, 1.165) is 31.5 Å². The van der Waals surface area contributed by atoms with Gasteiger partial charge in [0.25, 0.3) is 0 Å². The zero-order chi connectivity index (χ0) is 18.5. The Morgan fingerprint density at radius 1 is 1.19 bits per heavy atom. The van der Waals surface area contributed by atoms with Gasteiger partial charge >= 0.3 is 0 Å². The van der Waals surface area contributed by atoms with Crippen molar-refractivity contribution >= 4 is 15.9 Å². The van der Waals surface area contributed by atoms with Crippen molar-refractivity contribution in [2.75, 3.05) is 32.4 Å². The largest absolute Gasteiger partial charge is 0.341 e. The lowest BCUT2D eigenvalue weighted by molar-refractivity contribution is -0.149. The van der Waals surface area contributed by atoms with Crippen molar-refractivity contribution in [2.45, 2.75) is 38.0 Å². The number of aryl methyl sites for hydroxylation is 1. The number of carbonyl (C=O) groups excluding carboxylic acids is 1. The summed E-state index contributed by atoms with van der Waals surface area (Å²) in [5.74, 6) is 1.19. The smallest absolute Gasteiger partial charge is 0.225 e. The number of nitrogens with zero attached hydrogens (tertiary/aromatic N) is 5. The van der Waals surface area contributed by atoms with Crippen LogP contribution in [0.25, 0.3) is 0 Å². The summed E-state index contributed by atoms with van der Waals surface area (Å²) in [6.07, 6.45) is 8.39. The molecule has 1 aromatic rings. The van der Waals surface area contributed by atoms with Gasteiger partial charge in [0.15, 0.2) is 0 Å². The van der Waals surface area contributed by atoms with Gasteiger partial charge in [0.1, 0.15) is 12.2 Å². The maximum Gasteiger partial charge on any atom is 0.225 e. The number of hydrogen-bond donors (Lipinski definition) is 0. The number of aromatic nitrogens is 3. The van der Waals surface area contributed by atoms with Crippen molar-refractivity contribution < 1.29 is 13.2 Å². The fraction of sp³-hybridized carbons (Fsp3) is 0.824. The molecule has 3 heterocycles. The Labute approximate surface area is 154 Å². The van der Waals surface area contributed by atoms with Crippen molar-refractivity contribution in [1.29, 1.82) is 0 Å². The van der Waals surface area contributed by atoms with Gasteiger partial charge in [0.2, 0.25) is 15.9 Å². The van der Waals surface area contributed by atoms with Gasteiger partial charge in [-0.15, -0.1) is 10.2 Å². The molecule has 2 saturated heterocycles. The Morgan fingerprint density at radius 2 is 1.88 bits per heavy atom. The van der Waals surface area contributed by atoms with Gasteiger partial charge < -0.3 is 9.47 Å². The molecule has 3 aliphatic rings. The highest BCUT2D eigenvalue weighted by atomic mass is 32.2. The van der Waals surface area contributed by atoms with Gasteiger partial charge in [-0.05, 0) is 12.8 Å². The predicted octanol–water partition coefficient (Wildman–Crippen LogP) is 0.583. The van der Waals surface area contributed by atoms with E-state index in [-0.39, 0.29) is 23.2 Å². The van der Waals surface area contributed by atoms with Gasteiger partial charge in [-0.3, -0.25) is 4.79 Å². The van der Waals surface area contributed by atoms with Gasteiger partial charge in [0, 0.05) is 50.5 Å². The number of likely N-dealkylation sites (tertiary alicyclic amines) is 1. The van der Waals surface area contributed by atoms with Gasteiger partial charge in [-0.25, -0.2) is 12.7 Å². The molecule has 26 heavy (non-hydrogen) atoms. The lowest BCUT2D eigenvalue weighted by Gasteiger charge is -2.51. The van der Waals surface area contributed by atoms with E-state index in [1.165, 1.54) is 17.0 Å². The molecule has 1 aliphatic carbocycles. The molecule has 1 atom stereocenters. The molecular weight excluding hydrogens is 354 g/mol. The Balaban J connectivity index is 1.54. The minimum Gasteiger partial charge on any atom is -0.341 e. The van der Waals surface area contributed by atoms with E-state index in [2.05, 4.69) is 10.2 Å². The van der Waals surface area contributed by atoms with Crippen LogP contribution in [-0.2, 0) is 21.9 Å². The number of sulfonamides is 1. The van der Waals surface area contributed by atoms with E-state index in [4.69, 9.17) is 0 Å². The Bertz CT molecular complexity index is 793. The topological polar surface area (TPSA) is 88.4 Å². The molecule has 0 N–H and O–H groups in total. The third kappa shape index (κ3) is 2.94. The predicted molar refractivity (Wildman–Crippen MR) is 95.7 cm³/mol. The molecule has 3 fully saturated rings. The summed E-state index contributed by atoms with van der Waals surface area (Å²) in [6.45, 7) is 2.10. The standard InChI is InChI=1S/C17H27N5O3S/c1-20-12-18-19-15(20)14-8-22(26(2,24)25)11-17(14)9-21(10-17)16(23)13-6-4-3-5-7-13/h12-14H,3-11H2,1-2H3. The highest BCUT2D eigenvalue weighted by Crippen LogP contribution is 2.49. The zero-order valence-electron chi connectivity index (χ0n) is 15.5. The lowest BCUT2D eigenvalue weighted by atomic mass is 9.70. The van der Waals surface area contributed by atoms with E-state index in [1.807, 2.05) is 16.5 Å². The van der Waals surface area contributed by atoms with Crippen LogP contribution in [0.4, 0.5) is 0 Å². The van der Waals surface area contributed by atoms with Crippen molar-refractivity contribution in [1.82, 2.24) is 24.0 Å². The maximum absolute atomic E-state index is 12.8. The first-order chi connectivity index (χ1) is 12.3. The second-order valence-electron chi connectivity index (χ2n) is 8.30. The molecule has 2 aliphatic heterocycles. The number of carbonyl (C=O) groups is 1. The van der Waals surface area contributed by atoms with Crippen molar-refractivity contribution in [3.63, 3.8) is 0 Å². The Kier molecular flexibility index (Phi) is 4.34. The number of hydrogen-bond acceptors (Lipinski definition) is 5. The quantitative estimate of drug-likeness (QED) is 0.764. The second kappa shape index (κ2) is 6.30. The lowest BCUT2D eigenvalue weighted by Crippen LogP contribution is -2.63. The first kappa shape index (κ1) is 17.9. The summed E-state index contributed by atoms with van der Waals surface area (Å²) in [7, 11) is -1.39. The fourth-order valence-corrected chi connectivity index (χ4v) is 5.85. The van der Waals surface area contributed by atoms with Crippen LogP contribution in [-0.4, -0.2) is 70.7 Å². The normalized spacial score (nSPS) is 27.0. The van der Waals surface area contributed by atoms with Gasteiger partial charge in [0.05, 0.1) is 6.26 Å². The third-order valence-corrected chi connectivity index (χ3v) is 7.64. The van der Waals surface area contributed by atoms with Gasteiger partial charge in [-0.2, -0.15) is 0 Å². The molecular formula is C17H27N5O3S. The zero-order valence-corrected chi connectivity index (χ0v) is 16.3. The third-order valence-electron chi connectivity index (χ3n) is 6.42. The highest BCUT2D eigenvalue weighted by molar-refractivity contribution is 7.88. The summed E-state index contributed by atoms with van der Waals surface area (Å²) >= 11 is 0. The first-order valence-electron chi connectivity index (χ1n) is 9.38. The van der Waals surface area contributed by atoms with Crippen LogP contribution in [0.2, 0.25) is 0 Å². The van der Waals surface area contributed by atoms with E-state index in [9.17, 15) is 13.2 Å². The van der Waals surface area contributed by atoms with Crippen LogP contribution in [0.5, 0.6) is 0 Å². The molecule has 4 rings (SSSR count). The molecule has 9 heteroatoms. The summed E-state index contributed by atoms with van der Waals surface area (Å²) < 4.78 is 27.7. The SMILES string of the molecule is Cn1cnnc1C1CN(S(C)(=O)=O)CC12CN(C(=O)C1CCCCC1)C2. The molecule has 1 spiro atoms. The van der Waals surface area contributed by atoms with E-state index >= 15 is 0 Å². The van der Waals surface area contributed by atoms with E-state index in [0.29, 0.717) is 26.2 Å². The number of rotatable bonds is 3. The van der Waals surface area contributed by atoms with Crippen molar-refractivity contribution in [3.05, 3.63) is 12.2 Å². The van der Waals surface area contributed by atoms with Gasteiger partial charge in [-0.1, -0.05) is 19.3 Å². The van der Waals surface area contributed by atoms with Crippen LogP contribution in [0, 0.1) is 11.3 Å². The summed E-state index contributed by atoms with van der Waals surface area (Å²) in [5.41, 5.74) is -0.242. The summed E-state index contributed by atoms with van der Waals surface area (Å²) in [6, 6.07) is 0. The monoisotopic (exact) mass is 381 g/mol. The average molecular weight is 382 g/mol. The van der Waals surface area contributed by atoms with Crippen LogP contribution in [0.15, 0.2) is 6.33 Å². The molecule has 144 valence electrons. The van der Waals surface area contributed by atoms with Crippen molar-refractivity contribution in [3.8, 4) is 0 Å². The van der Waals surface area contributed by atoms with Crippen molar-refractivity contribution in [2.24, 2.45) is 18.4 Å². The molecule has 1 amide bonds. The van der Waals surface area contributed by atoms with E-state index < -0.39 is 10.0 Å². The molecule has 1 aromatic heterocycles. The molecule has 8 nitrogen and oxygen atoms in total. The Hall–Kier alpha value is -1.48. The molecule has 0 radical (unpaired) electrons. The maximum atomic E-state index is 12.8. The van der Waals surface area contributed by atoms with Crippen LogP contribution >= 0.6 is 0 Å². The summed E-state index contributed by atoms with van der Waals surface area (Å²) in [5, 5.41) is 8.21. The van der Waals surface area contributed by atoms with E-state index in [1.54, 1.807) is 6.33 Å². The average Bonchev–Trinajstić information content (AvgIpc) is 3.16. The second-order valence-corrected chi connectivity index (χ2v) is 10.3. The fourth-order valence-electron chi connectivity index (χ4n) is 4.94. The molecule has 0 aromatic carbocycles. The molecule has 1 saturated carbocycles. The summed E-state index contributed by atoms with van der Waals surface area (Å²) in [4.78, 5) is 14.8. The molecule has 1 unspecified atom stereocenters. The Morgan fingerprint density at radius 3 is 2.46 bits per heavy atom. The minimum absolute atomic E-state index is 0.0277. The number of amides is 1. The van der Waals surface area contributed by atoms with Crippen LogP contribution in [0.1, 0.15) is 43.8 Å². The highest BCUT2D eigenvalue weighted by Gasteiger charge is 2.59.